The van der Waals surface area contributed by atoms with Gasteiger partial charge in [-0.2, -0.15) is 13.2 Å². The average Bonchev–Trinajstić information content (AvgIpc) is 2.80. The van der Waals surface area contributed by atoms with E-state index in [0.29, 0.717) is 24.5 Å². The van der Waals surface area contributed by atoms with Crippen LogP contribution >= 0.6 is 0 Å². The van der Waals surface area contributed by atoms with Crippen LogP contribution in [0.1, 0.15) is 34.3 Å². The van der Waals surface area contributed by atoms with Crippen molar-refractivity contribution in [2.45, 2.75) is 25.4 Å². The molecular weight excluding hydrogens is 443 g/mol. The van der Waals surface area contributed by atoms with Crippen LogP contribution in [0.15, 0.2) is 42.5 Å². The molecule has 0 heterocycles. The molecule has 0 spiro atoms. The van der Waals surface area contributed by atoms with Crippen molar-refractivity contribution < 1.29 is 37.0 Å². The lowest BCUT2D eigenvalue weighted by Crippen LogP contribution is -2.42. The van der Waals surface area contributed by atoms with Gasteiger partial charge in [0.2, 0.25) is 11.8 Å². The average molecular weight is 467 g/mol. The summed E-state index contributed by atoms with van der Waals surface area (Å²) in [6.45, 7) is 0.348. The first-order valence-electron chi connectivity index (χ1n) is 9.88. The van der Waals surface area contributed by atoms with Crippen LogP contribution in [-0.4, -0.2) is 38.5 Å². The topological polar surface area (TPSA) is 106 Å². The number of methoxy groups -OCH3 is 2. The molecule has 8 nitrogen and oxygen atoms in total. The van der Waals surface area contributed by atoms with Crippen molar-refractivity contribution in [3.8, 4) is 11.5 Å². The number of alkyl halides is 3. The lowest BCUT2D eigenvalue weighted by Gasteiger charge is -2.10. The number of rotatable bonds is 9. The van der Waals surface area contributed by atoms with E-state index in [9.17, 15) is 27.6 Å². The summed E-state index contributed by atoms with van der Waals surface area (Å²) >= 11 is 0. The zero-order chi connectivity index (χ0) is 24.4. The van der Waals surface area contributed by atoms with Gasteiger partial charge in [-0.3, -0.25) is 25.2 Å². The third-order valence-corrected chi connectivity index (χ3v) is 4.55. The van der Waals surface area contributed by atoms with Crippen LogP contribution in [-0.2, 0) is 22.2 Å². The monoisotopic (exact) mass is 467 g/mol. The quantitative estimate of drug-likeness (QED) is 0.492. The SMILES string of the molecule is COc1ccc(CCNC(=O)CCC(=O)NNC(=O)c2ccc(C(F)(F)F)cc2)cc1OC. The molecule has 0 unspecified atom stereocenters. The molecule has 0 aliphatic rings. The van der Waals surface area contributed by atoms with Gasteiger partial charge in [-0.15, -0.1) is 0 Å². The number of hydrogen-bond donors (Lipinski definition) is 3. The van der Waals surface area contributed by atoms with Crippen LogP contribution in [0.25, 0.3) is 0 Å². The standard InChI is InChI=1S/C22H24F3N3O5/c1-32-17-8-3-14(13-18(17)33-2)11-12-26-19(29)9-10-20(30)27-28-21(31)15-4-6-16(7-5-15)22(23,24)25/h3-8,13H,9-12H2,1-2H3,(H,26,29)(H,27,30)(H,28,31). The second kappa shape index (κ2) is 11.7. The minimum absolute atomic E-state index is 0.0591. The van der Waals surface area contributed by atoms with Crippen LogP contribution in [0.5, 0.6) is 11.5 Å². The number of nitrogens with one attached hydrogen (secondary N) is 3. The molecule has 0 aliphatic heterocycles. The van der Waals surface area contributed by atoms with Crippen molar-refractivity contribution in [2.75, 3.05) is 20.8 Å². The molecule has 0 bridgehead atoms. The highest BCUT2D eigenvalue weighted by molar-refractivity contribution is 5.95. The van der Waals surface area contributed by atoms with E-state index in [2.05, 4.69) is 16.2 Å². The minimum atomic E-state index is -4.51. The third kappa shape index (κ3) is 8.02. The molecule has 3 amide bonds. The Hall–Kier alpha value is -3.76. The van der Waals surface area contributed by atoms with Gasteiger partial charge >= 0.3 is 6.18 Å². The summed E-state index contributed by atoms with van der Waals surface area (Å²) in [5.74, 6) is -0.570. The Bertz CT molecular complexity index is 978. The third-order valence-electron chi connectivity index (χ3n) is 4.55. The van der Waals surface area contributed by atoms with E-state index in [-0.39, 0.29) is 24.3 Å². The molecule has 2 aromatic carbocycles. The largest absolute Gasteiger partial charge is 0.493 e. The number of hydrogen-bond acceptors (Lipinski definition) is 5. The second-order valence-electron chi connectivity index (χ2n) is 6.87. The maximum Gasteiger partial charge on any atom is 0.416 e. The Morgan fingerprint density at radius 2 is 1.48 bits per heavy atom. The predicted molar refractivity (Wildman–Crippen MR) is 113 cm³/mol. The molecule has 0 fully saturated rings. The second-order valence-corrected chi connectivity index (χ2v) is 6.87. The maximum absolute atomic E-state index is 12.5. The molecule has 178 valence electrons. The van der Waals surface area contributed by atoms with Crippen LogP contribution in [0.3, 0.4) is 0 Å². The first-order chi connectivity index (χ1) is 15.6. The van der Waals surface area contributed by atoms with Crippen molar-refractivity contribution in [1.82, 2.24) is 16.2 Å². The summed E-state index contributed by atoms with van der Waals surface area (Å²) in [4.78, 5) is 35.6. The van der Waals surface area contributed by atoms with Gasteiger partial charge in [0.1, 0.15) is 0 Å². The van der Waals surface area contributed by atoms with Crippen LogP contribution in [0.4, 0.5) is 13.2 Å². The van der Waals surface area contributed by atoms with Gasteiger partial charge in [-0.25, -0.2) is 0 Å². The number of halogens is 3. The summed E-state index contributed by atoms with van der Waals surface area (Å²) < 4.78 is 48.0. The van der Waals surface area contributed by atoms with Crippen molar-refractivity contribution in [2.24, 2.45) is 0 Å². The van der Waals surface area contributed by atoms with E-state index in [1.54, 1.807) is 12.1 Å². The summed E-state index contributed by atoms with van der Waals surface area (Å²) in [5.41, 5.74) is 4.19. The van der Waals surface area contributed by atoms with E-state index in [4.69, 9.17) is 9.47 Å². The minimum Gasteiger partial charge on any atom is -0.493 e. The zero-order valence-electron chi connectivity index (χ0n) is 18.0. The maximum atomic E-state index is 12.5. The van der Waals surface area contributed by atoms with E-state index in [0.717, 1.165) is 29.8 Å². The Morgan fingerprint density at radius 3 is 2.09 bits per heavy atom. The number of ether oxygens (including phenoxy) is 2. The first kappa shape index (κ1) is 25.5. The molecule has 0 aliphatic carbocycles. The van der Waals surface area contributed by atoms with E-state index in [1.165, 1.54) is 14.2 Å². The molecule has 0 saturated carbocycles. The van der Waals surface area contributed by atoms with Crippen LogP contribution in [0.2, 0.25) is 0 Å². The van der Waals surface area contributed by atoms with Crippen molar-refractivity contribution in [3.05, 3.63) is 59.2 Å². The molecule has 0 saturated heterocycles. The lowest BCUT2D eigenvalue weighted by molar-refractivity contribution is -0.137. The van der Waals surface area contributed by atoms with E-state index in [1.807, 2.05) is 6.07 Å². The van der Waals surface area contributed by atoms with Crippen molar-refractivity contribution >= 4 is 17.7 Å². The molecular formula is C22H24F3N3O5. The van der Waals surface area contributed by atoms with E-state index >= 15 is 0 Å². The number of amides is 3. The Morgan fingerprint density at radius 1 is 0.848 bits per heavy atom. The molecule has 3 N–H and O–H groups in total. The van der Waals surface area contributed by atoms with Gasteiger partial charge in [0, 0.05) is 24.9 Å². The van der Waals surface area contributed by atoms with Crippen LogP contribution < -0.4 is 25.6 Å². The first-order valence-corrected chi connectivity index (χ1v) is 9.88. The zero-order valence-corrected chi connectivity index (χ0v) is 18.0. The number of hydrazine groups is 1. The number of carbonyl (C=O) groups is 3. The Kier molecular flexibility index (Phi) is 9.08. The fraction of sp³-hybridized carbons (Fsp3) is 0.318. The Balaban J connectivity index is 1.68. The fourth-order valence-electron chi connectivity index (χ4n) is 2.77. The molecule has 2 rings (SSSR count). The van der Waals surface area contributed by atoms with Gasteiger partial charge < -0.3 is 14.8 Å². The Labute approximate surface area is 188 Å². The summed E-state index contributed by atoms with van der Waals surface area (Å²) in [5, 5.41) is 2.69. The fourth-order valence-corrected chi connectivity index (χ4v) is 2.77. The summed E-state index contributed by atoms with van der Waals surface area (Å²) in [6, 6.07) is 8.94. The van der Waals surface area contributed by atoms with Gasteiger partial charge in [0.25, 0.3) is 5.91 Å². The molecule has 11 heteroatoms. The molecule has 33 heavy (non-hydrogen) atoms. The molecule has 0 radical (unpaired) electrons. The number of carbonyl (C=O) groups excluding carboxylic acids is 3. The van der Waals surface area contributed by atoms with E-state index < -0.39 is 23.6 Å². The van der Waals surface area contributed by atoms with Crippen molar-refractivity contribution in [1.29, 1.82) is 0 Å². The highest BCUT2D eigenvalue weighted by Gasteiger charge is 2.30. The van der Waals surface area contributed by atoms with Crippen molar-refractivity contribution in [3.63, 3.8) is 0 Å². The molecule has 0 atom stereocenters. The summed E-state index contributed by atoms with van der Waals surface area (Å²) in [6.07, 6.45) is -4.25. The molecule has 0 aromatic heterocycles. The predicted octanol–water partition coefficient (Wildman–Crippen LogP) is 2.62. The highest BCUT2D eigenvalue weighted by Crippen LogP contribution is 2.29. The lowest BCUT2D eigenvalue weighted by atomic mass is 10.1. The smallest absolute Gasteiger partial charge is 0.416 e. The summed E-state index contributed by atoms with van der Waals surface area (Å²) in [7, 11) is 3.06. The van der Waals surface area contributed by atoms with Gasteiger partial charge in [-0.1, -0.05) is 6.07 Å². The number of benzene rings is 2. The van der Waals surface area contributed by atoms with Crippen LogP contribution in [0, 0.1) is 0 Å². The van der Waals surface area contributed by atoms with Gasteiger partial charge in [0.05, 0.1) is 19.8 Å². The normalized spacial score (nSPS) is 10.8. The highest BCUT2D eigenvalue weighted by atomic mass is 19.4. The van der Waals surface area contributed by atoms with Gasteiger partial charge in [0.15, 0.2) is 11.5 Å². The molecule has 2 aromatic rings. The van der Waals surface area contributed by atoms with Gasteiger partial charge in [-0.05, 0) is 48.4 Å².